The van der Waals surface area contributed by atoms with Gasteiger partial charge in [0, 0.05) is 6.61 Å². The smallest absolute Gasteiger partial charge is 0.394 e. The van der Waals surface area contributed by atoms with Gasteiger partial charge < -0.3 is 39.0 Å². The third kappa shape index (κ3) is 22.8. The van der Waals surface area contributed by atoms with Crippen LogP contribution < -0.4 is 0 Å². The van der Waals surface area contributed by atoms with Crippen molar-refractivity contribution in [1.82, 2.24) is 0 Å². The summed E-state index contributed by atoms with van der Waals surface area (Å²) < 4.78 is 110. The van der Waals surface area contributed by atoms with Crippen LogP contribution >= 0.6 is 11.3 Å². The molecule has 1 rings (SSSR count). The number of hydrogen-bond donors (Lipinski definition) is 3. The average molecular weight is 593 g/mol. The van der Waals surface area contributed by atoms with Crippen molar-refractivity contribution >= 4 is 11.3 Å². The van der Waals surface area contributed by atoms with E-state index in [0.717, 1.165) is 0 Å². The predicted molar refractivity (Wildman–Crippen MR) is 120 cm³/mol. The van der Waals surface area contributed by atoms with Gasteiger partial charge in [-0.05, 0) is 17.7 Å². The second-order valence-corrected chi connectivity index (χ2v) is 7.96. The number of aliphatic hydroxyl groups is 3. The van der Waals surface area contributed by atoms with E-state index in [1.165, 1.54) is 0 Å². The van der Waals surface area contributed by atoms with Crippen molar-refractivity contribution in [2.45, 2.75) is 37.6 Å². The first-order valence-corrected chi connectivity index (χ1v) is 12.1. The Kier molecular flexibility index (Phi) is 20.1. The van der Waals surface area contributed by atoms with Gasteiger partial charge >= 0.3 is 18.5 Å². The van der Waals surface area contributed by atoms with Crippen molar-refractivity contribution < 1.29 is 74.8 Å². The lowest BCUT2D eigenvalue weighted by atomic mass is 10.4. The minimum atomic E-state index is -5.41. The van der Waals surface area contributed by atoms with Gasteiger partial charge in [0.25, 0.3) is 0 Å². The maximum atomic E-state index is 13.4. The molecule has 2 atom stereocenters. The maximum absolute atomic E-state index is 13.4. The first-order chi connectivity index (χ1) is 17.8. The third-order valence-corrected chi connectivity index (χ3v) is 4.18. The highest BCUT2D eigenvalue weighted by Gasteiger charge is 2.52. The van der Waals surface area contributed by atoms with Crippen LogP contribution in [0.4, 0.5) is 26.3 Å². The van der Waals surface area contributed by atoms with Crippen LogP contribution in [0.1, 0.15) is 6.92 Å². The van der Waals surface area contributed by atoms with Crippen molar-refractivity contribution in [3.05, 3.63) is 22.9 Å². The van der Waals surface area contributed by atoms with E-state index >= 15 is 0 Å². The molecule has 226 valence electrons. The average Bonchev–Trinajstić information content (AvgIpc) is 3.38. The van der Waals surface area contributed by atoms with E-state index in [1.807, 2.05) is 22.9 Å². The van der Waals surface area contributed by atoms with Crippen LogP contribution in [-0.2, 0) is 33.2 Å². The van der Waals surface area contributed by atoms with Gasteiger partial charge in [-0.15, -0.1) is 8.78 Å². The van der Waals surface area contributed by atoms with Gasteiger partial charge in [-0.3, -0.25) is 0 Å². The number of halogens is 6. The van der Waals surface area contributed by atoms with Gasteiger partial charge in [-0.1, -0.05) is 12.1 Å². The highest BCUT2D eigenvalue weighted by molar-refractivity contribution is 7.07. The standard InChI is InChI=1S/C17H30F6O10.C4H4S/c1-2-27-7-13(25)9-29-5-6-30-11-15(18,19)32-17(22,23)33-16(20,21)12-31-10-14(26)8-28-4-3-24;1-2-4-5-3-1/h13-14,24-26H,2-12H2,1H3;1-4H. The van der Waals surface area contributed by atoms with Crippen LogP contribution in [0, 0.1) is 0 Å². The molecule has 1 aromatic rings. The minimum Gasteiger partial charge on any atom is -0.394 e. The number of hydrogen-bond acceptors (Lipinski definition) is 11. The second kappa shape index (κ2) is 20.7. The molecule has 0 amide bonds. The number of thiophene rings is 1. The molecule has 0 bridgehead atoms. The van der Waals surface area contributed by atoms with Crippen molar-refractivity contribution in [2.75, 3.05) is 72.7 Å². The van der Waals surface area contributed by atoms with Crippen molar-refractivity contribution in [3.63, 3.8) is 0 Å². The summed E-state index contributed by atoms with van der Waals surface area (Å²) in [7, 11) is 0. The Morgan fingerprint density at radius 1 is 0.684 bits per heavy atom. The fourth-order valence-electron chi connectivity index (χ4n) is 2.13. The summed E-state index contributed by atoms with van der Waals surface area (Å²) in [4.78, 5) is 0. The number of rotatable bonds is 22. The molecule has 0 radical (unpaired) electrons. The normalized spacial score (nSPS) is 14.2. The highest BCUT2D eigenvalue weighted by Crippen LogP contribution is 2.33. The zero-order valence-electron chi connectivity index (χ0n) is 20.6. The fourth-order valence-corrected chi connectivity index (χ4v) is 2.58. The molecule has 0 saturated carbocycles. The molecule has 1 heterocycles. The van der Waals surface area contributed by atoms with Crippen LogP contribution in [0.5, 0.6) is 0 Å². The maximum Gasteiger partial charge on any atom is 0.495 e. The van der Waals surface area contributed by atoms with E-state index in [4.69, 9.17) is 14.6 Å². The lowest BCUT2D eigenvalue weighted by Gasteiger charge is -2.26. The summed E-state index contributed by atoms with van der Waals surface area (Å²) in [6.07, 6.45) is -17.2. The number of alkyl halides is 6. The second-order valence-electron chi connectivity index (χ2n) is 7.14. The Balaban J connectivity index is 0.00000242. The van der Waals surface area contributed by atoms with Crippen LogP contribution in [-0.4, -0.2) is 119 Å². The molecule has 1 aromatic heterocycles. The SMILES string of the molecule is CCOCC(O)COCCOCC(F)(F)OC(F)(F)OC(F)(F)COCC(O)COCCO.c1ccsc1. The Hall–Kier alpha value is -1.12. The zero-order valence-corrected chi connectivity index (χ0v) is 21.4. The van der Waals surface area contributed by atoms with Crippen molar-refractivity contribution in [1.29, 1.82) is 0 Å². The van der Waals surface area contributed by atoms with Crippen LogP contribution in [0.25, 0.3) is 0 Å². The Labute approximate surface area is 219 Å². The number of aliphatic hydroxyl groups excluding tert-OH is 3. The highest BCUT2D eigenvalue weighted by atomic mass is 32.1. The van der Waals surface area contributed by atoms with Crippen LogP contribution in [0.3, 0.4) is 0 Å². The lowest BCUT2D eigenvalue weighted by molar-refractivity contribution is -0.518. The molecule has 2 unspecified atom stereocenters. The zero-order chi connectivity index (χ0) is 28.9. The monoisotopic (exact) mass is 592 g/mol. The van der Waals surface area contributed by atoms with Crippen LogP contribution in [0.15, 0.2) is 22.9 Å². The summed E-state index contributed by atoms with van der Waals surface area (Å²) in [5.41, 5.74) is 0. The molecule has 0 aliphatic heterocycles. The van der Waals surface area contributed by atoms with Crippen molar-refractivity contribution in [3.8, 4) is 0 Å². The van der Waals surface area contributed by atoms with E-state index in [9.17, 15) is 36.6 Å². The Morgan fingerprint density at radius 3 is 1.61 bits per heavy atom. The third-order valence-electron chi connectivity index (χ3n) is 3.55. The van der Waals surface area contributed by atoms with Crippen molar-refractivity contribution in [2.24, 2.45) is 0 Å². The van der Waals surface area contributed by atoms with Gasteiger partial charge in [0.2, 0.25) is 0 Å². The molecule has 0 aliphatic rings. The summed E-state index contributed by atoms with van der Waals surface area (Å²) >= 11 is 1.71. The van der Waals surface area contributed by atoms with E-state index in [-0.39, 0.29) is 33.0 Å². The molecule has 3 N–H and O–H groups in total. The summed E-state index contributed by atoms with van der Waals surface area (Å²) in [6.45, 7) is -4.08. The quantitative estimate of drug-likeness (QED) is 0.105. The molecule has 10 nitrogen and oxygen atoms in total. The van der Waals surface area contributed by atoms with E-state index < -0.39 is 63.8 Å². The van der Waals surface area contributed by atoms with Gasteiger partial charge in [-0.25, -0.2) is 9.47 Å². The lowest BCUT2D eigenvalue weighted by Crippen LogP contribution is -2.44. The van der Waals surface area contributed by atoms with E-state index in [1.54, 1.807) is 18.3 Å². The van der Waals surface area contributed by atoms with E-state index in [0.29, 0.717) is 6.61 Å². The molecular weight excluding hydrogens is 558 g/mol. The Morgan fingerprint density at radius 2 is 1.13 bits per heavy atom. The van der Waals surface area contributed by atoms with Gasteiger partial charge in [0.1, 0.15) is 25.4 Å². The van der Waals surface area contributed by atoms with Gasteiger partial charge in [-0.2, -0.15) is 28.9 Å². The summed E-state index contributed by atoms with van der Waals surface area (Å²) in [5, 5.41) is 31.3. The predicted octanol–water partition coefficient (Wildman–Crippen LogP) is 2.32. The molecule has 17 heteroatoms. The molecule has 0 saturated heterocycles. The largest absolute Gasteiger partial charge is 0.495 e. The first-order valence-electron chi connectivity index (χ1n) is 11.2. The van der Waals surface area contributed by atoms with E-state index in [2.05, 4.69) is 23.7 Å². The van der Waals surface area contributed by atoms with Crippen LogP contribution in [0.2, 0.25) is 0 Å². The summed E-state index contributed by atoms with van der Waals surface area (Å²) in [6, 6.07) is 4.04. The minimum absolute atomic E-state index is 0.00630. The first kappa shape index (κ1) is 36.9. The topological polar surface area (TPSA) is 125 Å². The molecular formula is C21H34F6O10S. The molecule has 0 aromatic carbocycles. The molecule has 0 aliphatic carbocycles. The Bertz CT molecular complexity index is 643. The molecule has 0 fully saturated rings. The summed E-state index contributed by atoms with van der Waals surface area (Å²) in [5.74, 6) is 0. The van der Waals surface area contributed by atoms with Gasteiger partial charge in [0.05, 0.1) is 52.9 Å². The molecule has 0 spiro atoms. The van der Waals surface area contributed by atoms with Gasteiger partial charge in [0.15, 0.2) is 0 Å². The number of ether oxygens (including phenoxy) is 7. The fraction of sp³-hybridized carbons (Fsp3) is 0.810. The molecule has 38 heavy (non-hydrogen) atoms.